The molecule has 0 unspecified atom stereocenters. The van der Waals surface area contributed by atoms with Crippen molar-refractivity contribution in [2.45, 2.75) is 20.3 Å². The Labute approximate surface area is 119 Å². The van der Waals surface area contributed by atoms with E-state index in [1.807, 2.05) is 31.2 Å². The second kappa shape index (κ2) is 6.58. The minimum absolute atomic E-state index is 0.666. The van der Waals surface area contributed by atoms with Crippen LogP contribution in [0.25, 0.3) is 0 Å². The summed E-state index contributed by atoms with van der Waals surface area (Å²) in [6, 6.07) is 9.99. The number of aromatic nitrogens is 1. The molecule has 0 radical (unpaired) electrons. The normalized spacial score (nSPS) is 9.85. The molecule has 4 heteroatoms. The van der Waals surface area contributed by atoms with Gasteiger partial charge in [-0.25, -0.2) is 0 Å². The second-order valence-corrected chi connectivity index (χ2v) is 4.62. The summed E-state index contributed by atoms with van der Waals surface area (Å²) in [5.74, 6) is 0. The molecule has 0 atom stereocenters. The smallest absolute Gasteiger partial charge is 0.102 e. The summed E-state index contributed by atoms with van der Waals surface area (Å²) in [7, 11) is 0. The summed E-state index contributed by atoms with van der Waals surface area (Å²) in [6.45, 7) is 4.97. The number of benzene rings is 1. The van der Waals surface area contributed by atoms with Crippen LogP contribution in [-0.4, -0.2) is 11.5 Å². The van der Waals surface area contributed by atoms with E-state index in [4.69, 9.17) is 0 Å². The summed E-state index contributed by atoms with van der Waals surface area (Å²) in [5.41, 5.74) is 4.28. The van der Waals surface area contributed by atoms with Crippen LogP contribution >= 0.6 is 0 Å². The fourth-order valence-electron chi connectivity index (χ4n) is 1.95. The summed E-state index contributed by atoms with van der Waals surface area (Å²) in [6.07, 6.45) is 4.61. The summed E-state index contributed by atoms with van der Waals surface area (Å²) in [4.78, 5) is 4.20. The number of hydrogen-bond donors (Lipinski definition) is 2. The third-order valence-electron chi connectivity index (χ3n) is 2.98. The van der Waals surface area contributed by atoms with Crippen LogP contribution in [0, 0.1) is 18.3 Å². The molecule has 2 N–H and O–H groups in total. The Hall–Kier alpha value is -2.54. The number of anilines is 3. The Morgan fingerprint density at radius 3 is 2.80 bits per heavy atom. The van der Waals surface area contributed by atoms with Gasteiger partial charge in [0.15, 0.2) is 0 Å². The van der Waals surface area contributed by atoms with Crippen molar-refractivity contribution in [3.63, 3.8) is 0 Å². The molecule has 1 aromatic carbocycles. The highest BCUT2D eigenvalue weighted by Crippen LogP contribution is 2.23. The molecule has 0 amide bonds. The highest BCUT2D eigenvalue weighted by Gasteiger charge is 2.05. The Kier molecular flexibility index (Phi) is 4.56. The van der Waals surface area contributed by atoms with E-state index in [1.54, 1.807) is 12.4 Å². The van der Waals surface area contributed by atoms with Crippen LogP contribution in [0.3, 0.4) is 0 Å². The van der Waals surface area contributed by atoms with E-state index < -0.39 is 0 Å². The monoisotopic (exact) mass is 266 g/mol. The van der Waals surface area contributed by atoms with Gasteiger partial charge in [-0.15, -0.1) is 0 Å². The highest BCUT2D eigenvalue weighted by molar-refractivity contribution is 5.69. The minimum atomic E-state index is 0.666. The van der Waals surface area contributed by atoms with E-state index >= 15 is 0 Å². The number of aryl methyl sites for hydroxylation is 1. The Bertz CT molecular complexity index is 629. The van der Waals surface area contributed by atoms with Gasteiger partial charge in [0.05, 0.1) is 35.0 Å². The molecule has 0 aliphatic carbocycles. The van der Waals surface area contributed by atoms with Crippen LogP contribution in [0.5, 0.6) is 0 Å². The van der Waals surface area contributed by atoms with Gasteiger partial charge in [-0.3, -0.25) is 4.98 Å². The zero-order valence-corrected chi connectivity index (χ0v) is 11.8. The zero-order chi connectivity index (χ0) is 14.4. The first kappa shape index (κ1) is 13.9. The van der Waals surface area contributed by atoms with E-state index in [1.165, 1.54) is 0 Å². The summed E-state index contributed by atoms with van der Waals surface area (Å²) < 4.78 is 0. The molecule has 0 saturated carbocycles. The predicted octanol–water partition coefficient (Wildman–Crippen LogP) is 3.83. The standard InChI is InChI=1S/C16H18N4/c1-3-7-19-13-8-14(11-18-10-13)20-16-6-4-5-12(2)15(16)9-17/h4-6,8,10-11,19-20H,3,7H2,1-2H3. The molecule has 20 heavy (non-hydrogen) atoms. The lowest BCUT2D eigenvalue weighted by atomic mass is 10.1. The van der Waals surface area contributed by atoms with E-state index in [-0.39, 0.29) is 0 Å². The molecule has 2 aromatic rings. The molecule has 0 bridgehead atoms. The van der Waals surface area contributed by atoms with E-state index in [0.717, 1.165) is 35.6 Å². The molecule has 0 fully saturated rings. The third-order valence-corrected chi connectivity index (χ3v) is 2.98. The number of rotatable bonds is 5. The SMILES string of the molecule is CCCNc1cncc(Nc2cccc(C)c2C#N)c1. The van der Waals surface area contributed by atoms with Gasteiger partial charge in [0.2, 0.25) is 0 Å². The van der Waals surface area contributed by atoms with Crippen molar-refractivity contribution >= 4 is 17.1 Å². The van der Waals surface area contributed by atoms with Crippen molar-refractivity contribution in [3.8, 4) is 6.07 Å². The summed E-state index contributed by atoms with van der Waals surface area (Å²) in [5, 5.41) is 15.8. The number of hydrogen-bond acceptors (Lipinski definition) is 4. The van der Waals surface area contributed by atoms with E-state index in [0.29, 0.717) is 5.56 Å². The van der Waals surface area contributed by atoms with Crippen LogP contribution < -0.4 is 10.6 Å². The van der Waals surface area contributed by atoms with Gasteiger partial charge in [0.25, 0.3) is 0 Å². The fourth-order valence-corrected chi connectivity index (χ4v) is 1.95. The van der Waals surface area contributed by atoms with Crippen LogP contribution in [0.2, 0.25) is 0 Å². The summed E-state index contributed by atoms with van der Waals surface area (Å²) >= 11 is 0. The van der Waals surface area contributed by atoms with E-state index in [9.17, 15) is 5.26 Å². The van der Waals surface area contributed by atoms with Gasteiger partial charge >= 0.3 is 0 Å². The quantitative estimate of drug-likeness (QED) is 0.863. The van der Waals surface area contributed by atoms with Gasteiger partial charge < -0.3 is 10.6 Å². The van der Waals surface area contributed by atoms with Crippen molar-refractivity contribution in [1.29, 1.82) is 5.26 Å². The van der Waals surface area contributed by atoms with Gasteiger partial charge in [-0.2, -0.15) is 5.26 Å². The van der Waals surface area contributed by atoms with Crippen molar-refractivity contribution in [1.82, 2.24) is 4.98 Å². The van der Waals surface area contributed by atoms with Crippen molar-refractivity contribution in [2.75, 3.05) is 17.2 Å². The van der Waals surface area contributed by atoms with Crippen LogP contribution in [-0.2, 0) is 0 Å². The maximum atomic E-state index is 9.23. The molecule has 1 heterocycles. The first-order valence-corrected chi connectivity index (χ1v) is 6.70. The number of nitriles is 1. The topological polar surface area (TPSA) is 60.7 Å². The van der Waals surface area contributed by atoms with Crippen LogP contribution in [0.4, 0.5) is 17.1 Å². The maximum absolute atomic E-state index is 9.23. The average molecular weight is 266 g/mol. The molecule has 0 saturated heterocycles. The molecule has 0 aliphatic heterocycles. The lowest BCUT2D eigenvalue weighted by Gasteiger charge is -2.11. The lowest BCUT2D eigenvalue weighted by Crippen LogP contribution is -2.01. The molecule has 2 rings (SSSR count). The molecule has 4 nitrogen and oxygen atoms in total. The predicted molar refractivity (Wildman–Crippen MR) is 82.2 cm³/mol. The minimum Gasteiger partial charge on any atom is -0.384 e. The van der Waals surface area contributed by atoms with Gasteiger partial charge in [0.1, 0.15) is 6.07 Å². The zero-order valence-electron chi connectivity index (χ0n) is 11.8. The van der Waals surface area contributed by atoms with Gasteiger partial charge in [-0.05, 0) is 31.0 Å². The van der Waals surface area contributed by atoms with Crippen molar-refractivity contribution < 1.29 is 0 Å². The molecular formula is C16H18N4. The Morgan fingerprint density at radius 1 is 1.25 bits per heavy atom. The lowest BCUT2D eigenvalue weighted by molar-refractivity contribution is 0.978. The maximum Gasteiger partial charge on any atom is 0.102 e. The average Bonchev–Trinajstić information content (AvgIpc) is 2.46. The van der Waals surface area contributed by atoms with Crippen molar-refractivity contribution in [3.05, 3.63) is 47.8 Å². The first-order chi connectivity index (χ1) is 9.74. The second-order valence-electron chi connectivity index (χ2n) is 4.62. The van der Waals surface area contributed by atoms with Gasteiger partial charge in [-0.1, -0.05) is 19.1 Å². The Morgan fingerprint density at radius 2 is 2.05 bits per heavy atom. The molecule has 0 aliphatic rings. The highest BCUT2D eigenvalue weighted by atomic mass is 14.9. The van der Waals surface area contributed by atoms with Gasteiger partial charge in [0, 0.05) is 6.54 Å². The number of pyridine rings is 1. The largest absolute Gasteiger partial charge is 0.384 e. The molecular weight excluding hydrogens is 248 g/mol. The van der Waals surface area contributed by atoms with Crippen molar-refractivity contribution in [2.24, 2.45) is 0 Å². The third kappa shape index (κ3) is 3.27. The fraction of sp³-hybridized carbons (Fsp3) is 0.250. The first-order valence-electron chi connectivity index (χ1n) is 6.70. The van der Waals surface area contributed by atoms with Crippen LogP contribution in [0.1, 0.15) is 24.5 Å². The van der Waals surface area contributed by atoms with Crippen LogP contribution in [0.15, 0.2) is 36.7 Å². The number of nitrogens with one attached hydrogen (secondary N) is 2. The molecule has 102 valence electrons. The molecule has 0 spiro atoms. The van der Waals surface area contributed by atoms with E-state index in [2.05, 4.69) is 28.6 Å². The Balaban J connectivity index is 2.22. The number of nitrogens with zero attached hydrogens (tertiary/aromatic N) is 2. The molecule has 1 aromatic heterocycles.